The van der Waals surface area contributed by atoms with Crippen molar-refractivity contribution in [1.29, 1.82) is 0 Å². The molecule has 0 aliphatic heterocycles. The Morgan fingerprint density at radius 3 is 2.69 bits per heavy atom. The SMILES string of the molecule is Cc1ncsc1C(CON)c1ccccc1. The fourth-order valence-electron chi connectivity index (χ4n) is 1.75. The van der Waals surface area contributed by atoms with Gasteiger partial charge in [0.15, 0.2) is 0 Å². The zero-order valence-electron chi connectivity index (χ0n) is 9.09. The first-order chi connectivity index (χ1) is 7.83. The van der Waals surface area contributed by atoms with E-state index in [4.69, 9.17) is 10.7 Å². The van der Waals surface area contributed by atoms with E-state index in [0.29, 0.717) is 6.61 Å². The number of rotatable bonds is 4. The lowest BCUT2D eigenvalue weighted by atomic mass is 9.97. The van der Waals surface area contributed by atoms with Gasteiger partial charge >= 0.3 is 0 Å². The number of hydrogen-bond acceptors (Lipinski definition) is 4. The van der Waals surface area contributed by atoms with Gasteiger partial charge in [0.2, 0.25) is 0 Å². The Balaban J connectivity index is 2.35. The standard InChI is InChI=1S/C12H14N2OS/c1-9-12(16-8-14-9)11(7-15-13)10-5-3-2-4-6-10/h2-6,8,11H,7,13H2,1H3. The lowest BCUT2D eigenvalue weighted by Crippen LogP contribution is -2.12. The Morgan fingerprint density at radius 1 is 1.38 bits per heavy atom. The van der Waals surface area contributed by atoms with Crippen molar-refractivity contribution in [3.05, 3.63) is 52.0 Å². The van der Waals surface area contributed by atoms with Crippen LogP contribution in [0.25, 0.3) is 0 Å². The molecule has 0 saturated carbocycles. The van der Waals surface area contributed by atoms with Crippen molar-refractivity contribution < 1.29 is 4.84 Å². The lowest BCUT2D eigenvalue weighted by Gasteiger charge is -2.14. The van der Waals surface area contributed by atoms with Crippen molar-refractivity contribution in [3.8, 4) is 0 Å². The summed E-state index contributed by atoms with van der Waals surface area (Å²) < 4.78 is 0. The van der Waals surface area contributed by atoms with Crippen LogP contribution in [0.15, 0.2) is 35.8 Å². The molecule has 1 unspecified atom stereocenters. The van der Waals surface area contributed by atoms with E-state index in [1.165, 1.54) is 10.4 Å². The molecule has 0 saturated heterocycles. The van der Waals surface area contributed by atoms with Gasteiger partial charge in [-0.3, -0.25) is 0 Å². The molecule has 2 rings (SSSR count). The molecule has 1 aromatic heterocycles. The van der Waals surface area contributed by atoms with Crippen LogP contribution >= 0.6 is 11.3 Å². The summed E-state index contributed by atoms with van der Waals surface area (Å²) in [6, 6.07) is 10.2. The van der Waals surface area contributed by atoms with E-state index in [0.717, 1.165) is 5.69 Å². The summed E-state index contributed by atoms with van der Waals surface area (Å²) in [4.78, 5) is 10.3. The molecule has 2 aromatic rings. The Labute approximate surface area is 98.9 Å². The number of aromatic nitrogens is 1. The van der Waals surface area contributed by atoms with Crippen LogP contribution in [0.2, 0.25) is 0 Å². The fourth-order valence-corrected chi connectivity index (χ4v) is 2.67. The minimum absolute atomic E-state index is 0.179. The van der Waals surface area contributed by atoms with Gasteiger partial charge in [-0.05, 0) is 12.5 Å². The monoisotopic (exact) mass is 234 g/mol. The zero-order valence-corrected chi connectivity index (χ0v) is 9.91. The number of nitrogens with two attached hydrogens (primary N) is 1. The Kier molecular flexibility index (Phi) is 3.66. The van der Waals surface area contributed by atoms with Crippen LogP contribution in [0.4, 0.5) is 0 Å². The van der Waals surface area contributed by atoms with Crippen LogP contribution in [0.3, 0.4) is 0 Å². The van der Waals surface area contributed by atoms with Gasteiger partial charge in [-0.2, -0.15) is 0 Å². The summed E-state index contributed by atoms with van der Waals surface area (Å²) >= 11 is 1.65. The van der Waals surface area contributed by atoms with Crippen molar-refractivity contribution in [3.63, 3.8) is 0 Å². The van der Waals surface area contributed by atoms with Gasteiger partial charge in [0, 0.05) is 10.8 Å². The van der Waals surface area contributed by atoms with Crippen LogP contribution in [-0.2, 0) is 4.84 Å². The second kappa shape index (κ2) is 5.21. The quantitative estimate of drug-likeness (QED) is 0.827. The molecule has 0 radical (unpaired) electrons. The van der Waals surface area contributed by atoms with Gasteiger partial charge in [0.05, 0.1) is 17.8 Å². The molecule has 84 valence electrons. The maximum atomic E-state index is 5.21. The van der Waals surface area contributed by atoms with Crippen molar-refractivity contribution in [2.24, 2.45) is 5.90 Å². The normalized spacial score (nSPS) is 12.6. The van der Waals surface area contributed by atoms with Crippen molar-refractivity contribution in [1.82, 2.24) is 4.98 Å². The molecule has 4 heteroatoms. The molecule has 1 atom stereocenters. The number of benzene rings is 1. The summed E-state index contributed by atoms with van der Waals surface area (Å²) in [6.07, 6.45) is 0. The van der Waals surface area contributed by atoms with E-state index in [1.54, 1.807) is 11.3 Å². The van der Waals surface area contributed by atoms with Gasteiger partial charge in [-0.15, -0.1) is 11.3 Å². The molecule has 1 heterocycles. The number of nitrogens with zero attached hydrogens (tertiary/aromatic N) is 1. The van der Waals surface area contributed by atoms with Gasteiger partial charge < -0.3 is 4.84 Å². The van der Waals surface area contributed by atoms with Crippen molar-refractivity contribution in [2.75, 3.05) is 6.61 Å². The largest absolute Gasteiger partial charge is 0.304 e. The van der Waals surface area contributed by atoms with Crippen LogP contribution in [0, 0.1) is 6.92 Å². The molecule has 2 N–H and O–H groups in total. The highest BCUT2D eigenvalue weighted by Gasteiger charge is 2.18. The number of thiazole rings is 1. The molecule has 16 heavy (non-hydrogen) atoms. The topological polar surface area (TPSA) is 48.1 Å². The zero-order chi connectivity index (χ0) is 11.4. The summed E-state index contributed by atoms with van der Waals surface area (Å²) in [5.74, 6) is 5.39. The Bertz CT molecular complexity index is 441. The highest BCUT2D eigenvalue weighted by atomic mass is 32.1. The van der Waals surface area contributed by atoms with Gasteiger partial charge in [-0.25, -0.2) is 10.9 Å². The molecule has 3 nitrogen and oxygen atoms in total. The first-order valence-electron chi connectivity index (χ1n) is 5.09. The van der Waals surface area contributed by atoms with Gasteiger partial charge in [0.1, 0.15) is 0 Å². The van der Waals surface area contributed by atoms with Crippen LogP contribution in [0.1, 0.15) is 22.1 Å². The highest BCUT2D eigenvalue weighted by molar-refractivity contribution is 7.09. The number of aryl methyl sites for hydroxylation is 1. The maximum absolute atomic E-state index is 5.21. The van der Waals surface area contributed by atoms with Crippen LogP contribution in [0.5, 0.6) is 0 Å². The number of hydrogen-bond donors (Lipinski definition) is 1. The molecule has 0 bridgehead atoms. The molecule has 1 aromatic carbocycles. The summed E-state index contributed by atoms with van der Waals surface area (Å²) in [7, 11) is 0. The minimum atomic E-state index is 0.179. The van der Waals surface area contributed by atoms with Crippen molar-refractivity contribution >= 4 is 11.3 Å². The van der Waals surface area contributed by atoms with E-state index in [1.807, 2.05) is 30.6 Å². The van der Waals surface area contributed by atoms with E-state index < -0.39 is 0 Å². The minimum Gasteiger partial charge on any atom is -0.304 e. The summed E-state index contributed by atoms with van der Waals surface area (Å²) in [5.41, 5.74) is 4.12. The third kappa shape index (κ3) is 2.29. The lowest BCUT2D eigenvalue weighted by molar-refractivity contribution is 0.131. The third-order valence-corrected chi connectivity index (χ3v) is 3.61. The summed E-state index contributed by atoms with van der Waals surface area (Å²) in [6.45, 7) is 2.49. The van der Waals surface area contributed by atoms with E-state index in [9.17, 15) is 0 Å². The molecule has 0 amide bonds. The molecular formula is C12H14N2OS. The van der Waals surface area contributed by atoms with Crippen LogP contribution in [-0.4, -0.2) is 11.6 Å². The molecule has 0 fully saturated rings. The van der Waals surface area contributed by atoms with E-state index in [2.05, 4.69) is 17.1 Å². The Morgan fingerprint density at radius 2 is 2.12 bits per heavy atom. The predicted octanol–water partition coefficient (Wildman–Crippen LogP) is 2.47. The second-order valence-electron chi connectivity index (χ2n) is 3.60. The van der Waals surface area contributed by atoms with Gasteiger partial charge in [0.25, 0.3) is 0 Å². The predicted molar refractivity (Wildman–Crippen MR) is 65.3 cm³/mol. The van der Waals surface area contributed by atoms with Gasteiger partial charge in [-0.1, -0.05) is 30.3 Å². The first-order valence-corrected chi connectivity index (χ1v) is 5.97. The van der Waals surface area contributed by atoms with Crippen LogP contribution < -0.4 is 5.90 Å². The average Bonchev–Trinajstić information content (AvgIpc) is 2.73. The Hall–Kier alpha value is -1.23. The fraction of sp³-hybridized carbons (Fsp3) is 0.250. The first kappa shape index (κ1) is 11.3. The summed E-state index contributed by atoms with van der Waals surface area (Å²) in [5, 5.41) is 0. The molecule has 0 aliphatic carbocycles. The maximum Gasteiger partial charge on any atom is 0.0797 e. The second-order valence-corrected chi connectivity index (χ2v) is 4.48. The molecule has 0 aliphatic rings. The molecular weight excluding hydrogens is 220 g/mol. The van der Waals surface area contributed by atoms with Crippen molar-refractivity contribution in [2.45, 2.75) is 12.8 Å². The smallest absolute Gasteiger partial charge is 0.0797 e. The van der Waals surface area contributed by atoms with E-state index >= 15 is 0 Å². The average molecular weight is 234 g/mol. The molecule has 0 spiro atoms. The third-order valence-electron chi connectivity index (χ3n) is 2.56. The highest BCUT2D eigenvalue weighted by Crippen LogP contribution is 2.29. The van der Waals surface area contributed by atoms with E-state index in [-0.39, 0.29) is 5.92 Å².